The van der Waals surface area contributed by atoms with Gasteiger partial charge < -0.3 is 9.64 Å². The lowest BCUT2D eigenvalue weighted by molar-refractivity contribution is -0.121. The van der Waals surface area contributed by atoms with Gasteiger partial charge in [-0.15, -0.1) is 0 Å². The van der Waals surface area contributed by atoms with Crippen molar-refractivity contribution >= 4 is 23.3 Å². The molecule has 0 heterocycles. The Labute approximate surface area is 193 Å². The lowest BCUT2D eigenvalue weighted by atomic mass is 9.98. The Hall–Kier alpha value is -4.24. The lowest BCUT2D eigenvalue weighted by Crippen LogP contribution is -2.35. The molecule has 33 heavy (non-hydrogen) atoms. The summed E-state index contributed by atoms with van der Waals surface area (Å²) in [7, 11) is 0. The minimum atomic E-state index is -0.760. The zero-order chi connectivity index (χ0) is 23.8. The topological polar surface area (TPSA) is 87.5 Å². The van der Waals surface area contributed by atoms with Crippen LogP contribution in [0.5, 0.6) is 0 Å². The van der Waals surface area contributed by atoms with Gasteiger partial charge in [0.25, 0.3) is 5.91 Å². The summed E-state index contributed by atoms with van der Waals surface area (Å²) in [6, 6.07) is 22.7. The van der Waals surface area contributed by atoms with Gasteiger partial charge >= 0.3 is 5.97 Å². The molecule has 0 aliphatic heterocycles. The molecule has 0 N–H and O–H groups in total. The average Bonchev–Trinajstić information content (AvgIpc) is 2.82. The minimum Gasteiger partial charge on any atom is -0.452 e. The van der Waals surface area contributed by atoms with Gasteiger partial charge in [0.05, 0.1) is 18.1 Å². The van der Waals surface area contributed by atoms with Crippen molar-refractivity contribution in [1.29, 1.82) is 5.26 Å². The summed E-state index contributed by atoms with van der Waals surface area (Å²) in [6.45, 7) is 3.51. The summed E-state index contributed by atoms with van der Waals surface area (Å²) in [4.78, 5) is 40.0. The Kier molecular flexibility index (Phi) is 7.72. The number of rotatable bonds is 8. The fourth-order valence-corrected chi connectivity index (χ4v) is 3.55. The lowest BCUT2D eigenvalue weighted by Gasteiger charge is -2.22. The van der Waals surface area contributed by atoms with Crippen molar-refractivity contribution in [3.63, 3.8) is 0 Å². The van der Waals surface area contributed by atoms with E-state index < -0.39 is 18.5 Å². The number of ketones is 1. The van der Waals surface area contributed by atoms with E-state index in [0.29, 0.717) is 11.3 Å². The summed E-state index contributed by atoms with van der Waals surface area (Å²) in [6.07, 6.45) is 0.140. The summed E-state index contributed by atoms with van der Waals surface area (Å²) < 4.78 is 5.29. The summed E-state index contributed by atoms with van der Waals surface area (Å²) in [5.74, 6) is -1.51. The smallest absolute Gasteiger partial charge is 0.339 e. The third-order valence-electron chi connectivity index (χ3n) is 5.02. The fourth-order valence-electron chi connectivity index (χ4n) is 3.55. The molecule has 0 aromatic heterocycles. The maximum atomic E-state index is 12.9. The molecule has 3 aromatic rings. The molecule has 3 aromatic carbocycles. The molecular formula is C27H24N2O4. The van der Waals surface area contributed by atoms with Gasteiger partial charge in [0, 0.05) is 23.4 Å². The first kappa shape index (κ1) is 23.4. The first-order chi connectivity index (χ1) is 15.9. The van der Waals surface area contributed by atoms with E-state index in [9.17, 15) is 14.4 Å². The van der Waals surface area contributed by atoms with Gasteiger partial charge in [-0.3, -0.25) is 9.59 Å². The second kappa shape index (κ2) is 10.9. The van der Waals surface area contributed by atoms with Crippen LogP contribution >= 0.6 is 0 Å². The van der Waals surface area contributed by atoms with Crippen molar-refractivity contribution in [2.24, 2.45) is 0 Å². The SMILES string of the molecule is Cc1cc(C)cc(N(CCC#N)C(=O)COC(=O)c2ccccc2C(=O)c2ccccc2)c1. The predicted molar refractivity (Wildman–Crippen MR) is 125 cm³/mol. The third-order valence-corrected chi connectivity index (χ3v) is 5.02. The van der Waals surface area contributed by atoms with Crippen LogP contribution in [0.4, 0.5) is 5.69 Å². The molecule has 0 fully saturated rings. The third kappa shape index (κ3) is 5.92. The Bertz CT molecular complexity index is 1190. The normalized spacial score (nSPS) is 10.2. The number of nitrogens with zero attached hydrogens (tertiary/aromatic N) is 2. The van der Waals surface area contributed by atoms with Crippen LogP contribution in [0.15, 0.2) is 72.8 Å². The number of esters is 1. The van der Waals surface area contributed by atoms with Crippen LogP contribution in [0, 0.1) is 25.2 Å². The molecule has 6 nitrogen and oxygen atoms in total. The largest absolute Gasteiger partial charge is 0.452 e. The molecule has 0 aliphatic carbocycles. The van der Waals surface area contributed by atoms with Gasteiger partial charge in [-0.1, -0.05) is 54.6 Å². The zero-order valence-corrected chi connectivity index (χ0v) is 18.6. The second-order valence-electron chi connectivity index (χ2n) is 7.62. The number of benzene rings is 3. The molecule has 0 spiro atoms. The van der Waals surface area contributed by atoms with Crippen LogP contribution in [0.1, 0.15) is 43.8 Å². The van der Waals surface area contributed by atoms with Crippen LogP contribution in [0.25, 0.3) is 0 Å². The number of nitriles is 1. The van der Waals surface area contributed by atoms with Gasteiger partial charge in [-0.25, -0.2) is 4.79 Å². The summed E-state index contributed by atoms with van der Waals surface area (Å²) >= 11 is 0. The van der Waals surface area contributed by atoms with Crippen molar-refractivity contribution in [2.75, 3.05) is 18.1 Å². The molecular weight excluding hydrogens is 416 g/mol. The van der Waals surface area contributed by atoms with E-state index in [1.165, 1.54) is 11.0 Å². The van der Waals surface area contributed by atoms with Crippen molar-refractivity contribution in [2.45, 2.75) is 20.3 Å². The minimum absolute atomic E-state index is 0.0918. The molecule has 3 rings (SSSR count). The standard InChI is InChI=1S/C27H24N2O4/c1-19-15-20(2)17-22(16-19)29(14-8-13-28)25(30)18-33-27(32)24-12-7-6-11-23(24)26(31)21-9-4-3-5-10-21/h3-7,9-12,15-17H,8,14,18H2,1-2H3. The van der Waals surface area contributed by atoms with Crippen LogP contribution in [0.3, 0.4) is 0 Å². The molecule has 0 unspecified atom stereocenters. The first-order valence-corrected chi connectivity index (χ1v) is 10.5. The van der Waals surface area contributed by atoms with E-state index in [1.54, 1.807) is 48.5 Å². The monoisotopic (exact) mass is 440 g/mol. The van der Waals surface area contributed by atoms with Crippen LogP contribution in [-0.4, -0.2) is 30.8 Å². The number of carbonyl (C=O) groups is 3. The molecule has 0 radical (unpaired) electrons. The number of carbonyl (C=O) groups excluding carboxylic acids is 3. The Morgan fingerprint density at radius 3 is 2.12 bits per heavy atom. The number of amides is 1. The van der Waals surface area contributed by atoms with Gasteiger partial charge in [0.2, 0.25) is 0 Å². The second-order valence-corrected chi connectivity index (χ2v) is 7.62. The number of ether oxygens (including phenoxy) is 1. The molecule has 6 heteroatoms. The van der Waals surface area contributed by atoms with Crippen molar-refractivity contribution in [3.8, 4) is 6.07 Å². The van der Waals surface area contributed by atoms with Crippen molar-refractivity contribution < 1.29 is 19.1 Å². The molecule has 0 saturated heterocycles. The van der Waals surface area contributed by atoms with Gasteiger partial charge in [0.15, 0.2) is 12.4 Å². The fraction of sp³-hybridized carbons (Fsp3) is 0.185. The van der Waals surface area contributed by atoms with Gasteiger partial charge in [0.1, 0.15) is 0 Å². The Balaban J connectivity index is 1.77. The van der Waals surface area contributed by atoms with Crippen LogP contribution in [0.2, 0.25) is 0 Å². The van der Waals surface area contributed by atoms with E-state index in [0.717, 1.165) is 11.1 Å². The van der Waals surface area contributed by atoms with E-state index in [1.807, 2.05) is 38.1 Å². The van der Waals surface area contributed by atoms with Crippen LogP contribution in [-0.2, 0) is 9.53 Å². The number of anilines is 1. The number of aryl methyl sites for hydroxylation is 2. The molecule has 166 valence electrons. The molecule has 1 amide bonds. The van der Waals surface area contributed by atoms with E-state index in [4.69, 9.17) is 10.00 Å². The van der Waals surface area contributed by atoms with Gasteiger partial charge in [-0.2, -0.15) is 5.26 Å². The van der Waals surface area contributed by atoms with Crippen LogP contribution < -0.4 is 4.90 Å². The van der Waals surface area contributed by atoms with Crippen molar-refractivity contribution in [3.05, 3.63) is 101 Å². The molecule has 0 saturated carbocycles. The molecule has 0 atom stereocenters. The van der Waals surface area contributed by atoms with E-state index >= 15 is 0 Å². The maximum absolute atomic E-state index is 12.9. The Morgan fingerprint density at radius 1 is 0.879 bits per heavy atom. The van der Waals surface area contributed by atoms with Crippen molar-refractivity contribution in [1.82, 2.24) is 0 Å². The highest BCUT2D eigenvalue weighted by molar-refractivity contribution is 6.14. The quantitative estimate of drug-likeness (QED) is 0.376. The first-order valence-electron chi connectivity index (χ1n) is 10.5. The highest BCUT2D eigenvalue weighted by atomic mass is 16.5. The molecule has 0 aliphatic rings. The van der Waals surface area contributed by atoms with E-state index in [2.05, 4.69) is 0 Å². The van der Waals surface area contributed by atoms with E-state index in [-0.39, 0.29) is 29.9 Å². The summed E-state index contributed by atoms with van der Waals surface area (Å²) in [5.41, 5.74) is 3.34. The zero-order valence-electron chi connectivity index (χ0n) is 18.6. The maximum Gasteiger partial charge on any atom is 0.339 e. The number of hydrogen-bond donors (Lipinski definition) is 0. The average molecular weight is 440 g/mol. The summed E-state index contributed by atoms with van der Waals surface area (Å²) in [5, 5.41) is 8.99. The highest BCUT2D eigenvalue weighted by Gasteiger charge is 2.22. The Morgan fingerprint density at radius 2 is 1.48 bits per heavy atom. The number of hydrogen-bond acceptors (Lipinski definition) is 5. The predicted octanol–water partition coefficient (Wildman–Crippen LogP) is 4.64. The molecule has 0 bridgehead atoms. The highest BCUT2D eigenvalue weighted by Crippen LogP contribution is 2.20. The van der Waals surface area contributed by atoms with Gasteiger partial charge in [-0.05, 0) is 43.2 Å².